The molecule has 2 fully saturated rings. The van der Waals surface area contributed by atoms with Crippen LogP contribution in [-0.4, -0.2) is 73.1 Å². The highest BCUT2D eigenvalue weighted by Gasteiger charge is 2.43. The van der Waals surface area contributed by atoms with Gasteiger partial charge in [-0.15, -0.1) is 0 Å². The van der Waals surface area contributed by atoms with Crippen LogP contribution in [0.4, 0.5) is 27.8 Å². The van der Waals surface area contributed by atoms with Gasteiger partial charge in [0.25, 0.3) is 12.3 Å². The molecule has 9 nitrogen and oxygen atoms in total. The summed E-state index contributed by atoms with van der Waals surface area (Å²) >= 11 is 0. The summed E-state index contributed by atoms with van der Waals surface area (Å²) in [6.07, 6.45) is -0.0499. The average Bonchev–Trinajstić information content (AvgIpc) is 3.42. The standard InChI is InChI=1S/C21H21F5N8O/c22-15(23)11-34-17-14(9-30-34)27-10-16(31-17)32-4-1-20(2-5-32)3-6-33(12-20)18(35)13-7-28-19(29-8-13)21(24,25)26/h7-10,15H,1-6,11-12H2. The van der Waals surface area contributed by atoms with Crippen molar-refractivity contribution >= 4 is 22.9 Å². The number of rotatable bonds is 4. The molecule has 0 radical (unpaired) electrons. The number of anilines is 1. The molecule has 1 spiro atoms. The second-order valence-electron chi connectivity index (χ2n) is 8.91. The third-order valence-corrected chi connectivity index (χ3v) is 6.67. The Hall–Kier alpha value is -3.45. The van der Waals surface area contributed by atoms with E-state index in [4.69, 9.17) is 0 Å². The van der Waals surface area contributed by atoms with E-state index in [2.05, 4.69) is 25.0 Å². The fourth-order valence-corrected chi connectivity index (χ4v) is 4.75. The summed E-state index contributed by atoms with van der Waals surface area (Å²) in [4.78, 5) is 31.8. The Morgan fingerprint density at radius 3 is 2.34 bits per heavy atom. The molecule has 3 aromatic heterocycles. The Morgan fingerprint density at radius 1 is 1.00 bits per heavy atom. The van der Waals surface area contributed by atoms with Crippen LogP contribution in [-0.2, 0) is 12.7 Å². The first-order chi connectivity index (χ1) is 16.6. The number of aromatic nitrogens is 6. The minimum Gasteiger partial charge on any atom is -0.355 e. The van der Waals surface area contributed by atoms with E-state index >= 15 is 0 Å². The summed E-state index contributed by atoms with van der Waals surface area (Å²) in [5, 5.41) is 3.94. The lowest BCUT2D eigenvalue weighted by molar-refractivity contribution is -0.145. The Kier molecular flexibility index (Phi) is 5.75. The van der Waals surface area contributed by atoms with Gasteiger partial charge in [-0.05, 0) is 24.7 Å². The fourth-order valence-electron chi connectivity index (χ4n) is 4.75. The number of carbonyl (C=O) groups is 1. The number of nitrogens with zero attached hydrogens (tertiary/aromatic N) is 8. The molecule has 2 aliphatic heterocycles. The number of amides is 1. The fraction of sp³-hybridized carbons (Fsp3) is 0.524. The second-order valence-corrected chi connectivity index (χ2v) is 8.91. The van der Waals surface area contributed by atoms with Gasteiger partial charge in [0.1, 0.15) is 17.9 Å². The molecule has 1 amide bonds. The first-order valence-corrected chi connectivity index (χ1v) is 11.0. The molecule has 5 rings (SSSR count). The monoisotopic (exact) mass is 496 g/mol. The van der Waals surface area contributed by atoms with Crippen LogP contribution in [0.2, 0.25) is 0 Å². The maximum Gasteiger partial charge on any atom is 0.451 e. The molecular weight excluding hydrogens is 475 g/mol. The summed E-state index contributed by atoms with van der Waals surface area (Å²) < 4.78 is 64.8. The molecule has 0 unspecified atom stereocenters. The molecule has 0 aromatic carbocycles. The highest BCUT2D eigenvalue weighted by atomic mass is 19.4. The van der Waals surface area contributed by atoms with Crippen LogP contribution < -0.4 is 4.90 Å². The van der Waals surface area contributed by atoms with Crippen molar-refractivity contribution in [1.29, 1.82) is 0 Å². The van der Waals surface area contributed by atoms with Crippen LogP contribution in [0.3, 0.4) is 0 Å². The summed E-state index contributed by atoms with van der Waals surface area (Å²) in [6, 6.07) is 0. The van der Waals surface area contributed by atoms with Gasteiger partial charge in [0, 0.05) is 38.6 Å². The van der Waals surface area contributed by atoms with Crippen molar-refractivity contribution in [3.8, 4) is 0 Å². The molecule has 186 valence electrons. The predicted octanol–water partition coefficient (Wildman–Crippen LogP) is 3.03. The van der Waals surface area contributed by atoms with Gasteiger partial charge in [0.05, 0.1) is 18.0 Å². The lowest BCUT2D eigenvalue weighted by Gasteiger charge is -2.39. The number of alkyl halides is 5. The summed E-state index contributed by atoms with van der Waals surface area (Å²) in [7, 11) is 0. The van der Waals surface area contributed by atoms with E-state index in [1.54, 1.807) is 11.1 Å². The van der Waals surface area contributed by atoms with E-state index in [1.165, 1.54) is 6.20 Å². The number of piperidine rings is 1. The number of carbonyl (C=O) groups excluding carboxylic acids is 1. The molecular formula is C21H21F5N8O. The van der Waals surface area contributed by atoms with Gasteiger partial charge < -0.3 is 9.80 Å². The van der Waals surface area contributed by atoms with Crippen LogP contribution in [0.1, 0.15) is 35.4 Å². The smallest absolute Gasteiger partial charge is 0.355 e. The van der Waals surface area contributed by atoms with Crippen molar-refractivity contribution in [2.45, 2.75) is 38.4 Å². The lowest BCUT2D eigenvalue weighted by Crippen LogP contribution is -2.42. The highest BCUT2D eigenvalue weighted by molar-refractivity contribution is 5.93. The van der Waals surface area contributed by atoms with E-state index in [1.807, 2.05) is 4.90 Å². The normalized spacial score (nSPS) is 18.2. The number of likely N-dealkylation sites (tertiary alicyclic amines) is 1. The van der Waals surface area contributed by atoms with Crippen molar-refractivity contribution in [1.82, 2.24) is 34.6 Å². The largest absolute Gasteiger partial charge is 0.451 e. The Labute approximate surface area is 196 Å². The zero-order valence-electron chi connectivity index (χ0n) is 18.4. The van der Waals surface area contributed by atoms with Crippen molar-refractivity contribution in [2.75, 3.05) is 31.1 Å². The molecule has 2 saturated heterocycles. The summed E-state index contributed by atoms with van der Waals surface area (Å²) in [6.45, 7) is 1.73. The second kappa shape index (κ2) is 8.64. The molecule has 3 aromatic rings. The first-order valence-electron chi connectivity index (χ1n) is 11.0. The zero-order chi connectivity index (χ0) is 24.8. The molecule has 0 saturated carbocycles. The number of fused-ring (bicyclic) bond motifs is 1. The van der Waals surface area contributed by atoms with Crippen molar-refractivity contribution in [3.63, 3.8) is 0 Å². The van der Waals surface area contributed by atoms with Gasteiger partial charge >= 0.3 is 6.18 Å². The lowest BCUT2D eigenvalue weighted by atomic mass is 9.78. The maximum absolute atomic E-state index is 12.8. The molecule has 0 bridgehead atoms. The Morgan fingerprint density at radius 2 is 1.69 bits per heavy atom. The maximum atomic E-state index is 12.8. The average molecular weight is 496 g/mol. The molecule has 0 N–H and O–H groups in total. The minimum atomic E-state index is -4.66. The van der Waals surface area contributed by atoms with Crippen LogP contribution in [0, 0.1) is 5.41 Å². The number of hydrogen-bond acceptors (Lipinski definition) is 7. The van der Waals surface area contributed by atoms with E-state index in [-0.39, 0.29) is 16.9 Å². The van der Waals surface area contributed by atoms with Gasteiger partial charge in [-0.3, -0.25) is 4.79 Å². The molecule has 0 atom stereocenters. The summed E-state index contributed by atoms with van der Waals surface area (Å²) in [5.41, 5.74) is 0.671. The van der Waals surface area contributed by atoms with Crippen LogP contribution in [0.25, 0.3) is 11.2 Å². The topological polar surface area (TPSA) is 92.9 Å². The van der Waals surface area contributed by atoms with Gasteiger partial charge in [-0.1, -0.05) is 0 Å². The molecule has 2 aliphatic rings. The van der Waals surface area contributed by atoms with Crippen LogP contribution in [0.15, 0.2) is 24.8 Å². The number of hydrogen-bond donors (Lipinski definition) is 0. The van der Waals surface area contributed by atoms with E-state index < -0.39 is 25.0 Å². The van der Waals surface area contributed by atoms with Crippen molar-refractivity contribution < 1.29 is 26.7 Å². The molecule has 35 heavy (non-hydrogen) atoms. The van der Waals surface area contributed by atoms with E-state index in [0.717, 1.165) is 36.3 Å². The van der Waals surface area contributed by atoms with Crippen molar-refractivity contribution in [2.24, 2.45) is 5.41 Å². The molecule has 0 aliphatic carbocycles. The summed E-state index contributed by atoms with van der Waals surface area (Å²) in [5.74, 6) is -1.09. The van der Waals surface area contributed by atoms with Crippen molar-refractivity contribution in [3.05, 3.63) is 36.2 Å². The molecule has 5 heterocycles. The third kappa shape index (κ3) is 4.60. The predicted molar refractivity (Wildman–Crippen MR) is 113 cm³/mol. The zero-order valence-corrected chi connectivity index (χ0v) is 18.4. The highest BCUT2D eigenvalue weighted by Crippen LogP contribution is 2.41. The van der Waals surface area contributed by atoms with E-state index in [0.29, 0.717) is 43.2 Å². The molecule has 14 heteroatoms. The quantitative estimate of drug-likeness (QED) is 0.513. The van der Waals surface area contributed by atoms with Crippen LogP contribution in [0.5, 0.6) is 0 Å². The van der Waals surface area contributed by atoms with Gasteiger partial charge in [0.2, 0.25) is 5.82 Å². The SMILES string of the molecule is O=C(c1cnc(C(F)(F)F)nc1)N1CCC2(CCN(c3cnc4cnn(CC(F)F)c4n3)CC2)C1. The first kappa shape index (κ1) is 23.3. The van der Waals surface area contributed by atoms with E-state index in [9.17, 15) is 26.7 Å². The van der Waals surface area contributed by atoms with Gasteiger partial charge in [-0.2, -0.15) is 18.3 Å². The minimum absolute atomic E-state index is 0.0245. The van der Waals surface area contributed by atoms with Gasteiger partial charge in [-0.25, -0.2) is 33.4 Å². The third-order valence-electron chi connectivity index (χ3n) is 6.67. The number of halogens is 5. The van der Waals surface area contributed by atoms with Gasteiger partial charge in [0.15, 0.2) is 5.65 Å². The van der Waals surface area contributed by atoms with Crippen LogP contribution >= 0.6 is 0 Å². The Balaban J connectivity index is 1.23. The Bertz CT molecular complexity index is 1220.